The minimum atomic E-state index is -4.31. The molecule has 11 heteroatoms. The molecule has 2 fully saturated rings. The van der Waals surface area contributed by atoms with Crippen molar-refractivity contribution in [2.45, 2.75) is 50.5 Å². The standard InChI is InChI=1S/C25H31F3N4O3S/c1-17(16-33)36-31-18-5-6-19(20(15-18)32-12-9-24(7-8-24)10-13-32)23(34)30-21-3-2-4-22(29-21)35-14-11-25(26,27)28/h2-6,15,17,31,33H,7-14,16H2,1H3,(H,29,30,34)/t17-/m0/s1. The SMILES string of the molecule is C[C@@H](CO)SNc1ccc(C(=O)Nc2cccc(OCCC(F)(F)F)n2)c(N2CCC3(CC2)CC3)c1. The van der Waals surface area contributed by atoms with Crippen LogP contribution >= 0.6 is 11.9 Å². The molecule has 1 saturated heterocycles. The molecule has 2 heterocycles. The lowest BCUT2D eigenvalue weighted by Gasteiger charge is -2.35. The van der Waals surface area contributed by atoms with Crippen molar-refractivity contribution < 1.29 is 27.8 Å². The molecule has 0 radical (unpaired) electrons. The number of piperidine rings is 1. The van der Waals surface area contributed by atoms with E-state index in [1.54, 1.807) is 18.2 Å². The van der Waals surface area contributed by atoms with Crippen LogP contribution < -0.4 is 19.7 Å². The second-order valence-corrected chi connectivity index (χ2v) is 10.7. The smallest absolute Gasteiger partial charge is 0.392 e. The maximum atomic E-state index is 13.3. The number of alkyl halides is 3. The van der Waals surface area contributed by atoms with Crippen LogP contribution in [0.5, 0.6) is 5.88 Å². The van der Waals surface area contributed by atoms with E-state index in [0.717, 1.165) is 37.3 Å². The van der Waals surface area contributed by atoms with Crippen molar-refractivity contribution in [3.8, 4) is 5.88 Å². The molecule has 1 aliphatic heterocycles. The van der Waals surface area contributed by atoms with E-state index in [-0.39, 0.29) is 29.5 Å². The normalized spacial score (nSPS) is 17.5. The van der Waals surface area contributed by atoms with Gasteiger partial charge in [0.05, 0.1) is 30.9 Å². The number of carbonyl (C=O) groups is 1. The quantitative estimate of drug-likeness (QED) is 0.355. The fourth-order valence-corrected chi connectivity index (χ4v) is 4.71. The number of hydrogen-bond donors (Lipinski definition) is 3. The summed E-state index contributed by atoms with van der Waals surface area (Å²) in [6, 6.07) is 10.1. The fraction of sp³-hybridized carbons (Fsp3) is 0.520. The van der Waals surface area contributed by atoms with Crippen LogP contribution in [-0.4, -0.2) is 53.7 Å². The van der Waals surface area contributed by atoms with Gasteiger partial charge in [-0.2, -0.15) is 18.2 Å². The van der Waals surface area contributed by atoms with E-state index in [1.165, 1.54) is 30.9 Å². The zero-order valence-electron chi connectivity index (χ0n) is 20.1. The Bertz CT molecular complexity index is 1060. The van der Waals surface area contributed by atoms with E-state index in [4.69, 9.17) is 4.74 Å². The van der Waals surface area contributed by atoms with E-state index < -0.39 is 19.2 Å². The summed E-state index contributed by atoms with van der Waals surface area (Å²) in [5.74, 6) is -0.155. The van der Waals surface area contributed by atoms with Crippen LogP contribution in [0.1, 0.15) is 49.4 Å². The minimum absolute atomic E-state index is 0.0117. The van der Waals surface area contributed by atoms with Gasteiger partial charge in [-0.25, -0.2) is 0 Å². The largest absolute Gasteiger partial charge is 0.477 e. The summed E-state index contributed by atoms with van der Waals surface area (Å²) in [6.45, 7) is 3.14. The van der Waals surface area contributed by atoms with Crippen molar-refractivity contribution in [2.24, 2.45) is 5.41 Å². The number of aromatic nitrogens is 1. The summed E-state index contributed by atoms with van der Waals surface area (Å²) < 4.78 is 45.5. The average Bonchev–Trinajstić information content (AvgIpc) is 3.61. The Hall–Kier alpha value is -2.66. The van der Waals surface area contributed by atoms with E-state index in [0.29, 0.717) is 11.0 Å². The molecule has 1 aromatic carbocycles. The summed E-state index contributed by atoms with van der Waals surface area (Å²) in [4.78, 5) is 19.6. The lowest BCUT2D eigenvalue weighted by atomic mass is 9.93. The fourth-order valence-electron chi connectivity index (χ4n) is 4.17. The molecule has 1 spiro atoms. The molecule has 7 nitrogen and oxygen atoms in total. The Balaban J connectivity index is 1.48. The van der Waals surface area contributed by atoms with Gasteiger partial charge in [-0.3, -0.25) is 4.79 Å². The Morgan fingerprint density at radius 1 is 1.22 bits per heavy atom. The highest BCUT2D eigenvalue weighted by atomic mass is 32.2. The van der Waals surface area contributed by atoms with Crippen LogP contribution in [0.25, 0.3) is 0 Å². The molecular weight excluding hydrogens is 493 g/mol. The summed E-state index contributed by atoms with van der Waals surface area (Å²) in [6.07, 6.45) is -0.647. The van der Waals surface area contributed by atoms with Crippen LogP contribution in [-0.2, 0) is 0 Å². The van der Waals surface area contributed by atoms with Crippen LogP contribution in [0.15, 0.2) is 36.4 Å². The highest BCUT2D eigenvalue weighted by molar-refractivity contribution is 8.01. The number of halogens is 3. The van der Waals surface area contributed by atoms with Crippen molar-refractivity contribution in [1.29, 1.82) is 0 Å². The number of carbonyl (C=O) groups excluding carboxylic acids is 1. The van der Waals surface area contributed by atoms with Crippen molar-refractivity contribution in [3.05, 3.63) is 42.0 Å². The number of benzene rings is 1. The lowest BCUT2D eigenvalue weighted by Crippen LogP contribution is -2.35. The monoisotopic (exact) mass is 524 g/mol. The molecule has 2 aromatic rings. The molecule has 2 aliphatic rings. The van der Waals surface area contributed by atoms with Crippen LogP contribution in [0, 0.1) is 5.41 Å². The number of anilines is 3. The first-order valence-corrected chi connectivity index (χ1v) is 12.9. The van der Waals surface area contributed by atoms with E-state index in [9.17, 15) is 23.1 Å². The summed E-state index contributed by atoms with van der Waals surface area (Å²) in [7, 11) is 0. The first-order chi connectivity index (χ1) is 17.2. The second kappa shape index (κ2) is 11.2. The zero-order chi connectivity index (χ0) is 25.8. The predicted octanol–water partition coefficient (Wildman–Crippen LogP) is 5.49. The van der Waals surface area contributed by atoms with Crippen LogP contribution in [0.2, 0.25) is 0 Å². The molecule has 1 amide bonds. The van der Waals surface area contributed by atoms with Gasteiger partial charge in [0.25, 0.3) is 5.91 Å². The van der Waals surface area contributed by atoms with Gasteiger partial charge in [0.15, 0.2) is 0 Å². The third kappa shape index (κ3) is 7.19. The van der Waals surface area contributed by atoms with Gasteiger partial charge >= 0.3 is 6.18 Å². The van der Waals surface area contributed by atoms with Gasteiger partial charge in [-0.05, 0) is 74.2 Å². The predicted molar refractivity (Wildman–Crippen MR) is 136 cm³/mol. The number of rotatable bonds is 10. The highest BCUT2D eigenvalue weighted by Crippen LogP contribution is 2.54. The molecule has 1 aliphatic carbocycles. The molecule has 4 rings (SSSR count). The third-order valence-electron chi connectivity index (χ3n) is 6.60. The van der Waals surface area contributed by atoms with E-state index in [2.05, 4.69) is 19.9 Å². The Labute approximate surface area is 212 Å². The third-order valence-corrected chi connectivity index (χ3v) is 7.50. The molecule has 3 N–H and O–H groups in total. The number of pyridine rings is 1. The molecule has 1 aromatic heterocycles. The van der Waals surface area contributed by atoms with Gasteiger partial charge < -0.3 is 24.8 Å². The molecule has 36 heavy (non-hydrogen) atoms. The first-order valence-electron chi connectivity index (χ1n) is 12.1. The number of aliphatic hydroxyl groups is 1. The average molecular weight is 525 g/mol. The van der Waals surface area contributed by atoms with Crippen LogP contribution in [0.4, 0.5) is 30.4 Å². The Kier molecular flexibility index (Phi) is 8.19. The molecule has 0 bridgehead atoms. The van der Waals surface area contributed by atoms with Gasteiger partial charge in [-0.15, -0.1) is 0 Å². The zero-order valence-corrected chi connectivity index (χ0v) is 20.9. The lowest BCUT2D eigenvalue weighted by molar-refractivity contribution is -0.139. The summed E-state index contributed by atoms with van der Waals surface area (Å²) >= 11 is 1.41. The first kappa shape index (κ1) is 26.4. The number of hydrogen-bond acceptors (Lipinski definition) is 7. The number of amides is 1. The summed E-state index contributed by atoms with van der Waals surface area (Å²) in [5.41, 5.74) is 2.61. The minimum Gasteiger partial charge on any atom is -0.477 e. The maximum absolute atomic E-state index is 13.3. The van der Waals surface area contributed by atoms with Crippen molar-refractivity contribution in [2.75, 3.05) is 41.2 Å². The van der Waals surface area contributed by atoms with Crippen molar-refractivity contribution in [3.63, 3.8) is 0 Å². The number of aliphatic hydroxyl groups excluding tert-OH is 1. The molecular formula is C25H31F3N4O3S. The maximum Gasteiger partial charge on any atom is 0.392 e. The number of nitrogens with zero attached hydrogens (tertiary/aromatic N) is 2. The molecule has 196 valence electrons. The Morgan fingerprint density at radius 3 is 2.64 bits per heavy atom. The highest BCUT2D eigenvalue weighted by Gasteiger charge is 2.44. The molecule has 1 saturated carbocycles. The number of ether oxygens (including phenoxy) is 1. The van der Waals surface area contributed by atoms with E-state index >= 15 is 0 Å². The van der Waals surface area contributed by atoms with Gasteiger partial charge in [0.1, 0.15) is 5.82 Å². The van der Waals surface area contributed by atoms with E-state index in [1.807, 2.05) is 19.1 Å². The number of nitrogens with one attached hydrogen (secondary N) is 2. The second-order valence-electron chi connectivity index (χ2n) is 9.46. The molecule has 0 unspecified atom stereocenters. The van der Waals surface area contributed by atoms with Gasteiger partial charge in [-0.1, -0.05) is 6.07 Å². The van der Waals surface area contributed by atoms with Crippen molar-refractivity contribution >= 4 is 35.0 Å². The Morgan fingerprint density at radius 2 is 1.97 bits per heavy atom. The molecule has 1 atom stereocenters. The van der Waals surface area contributed by atoms with Gasteiger partial charge in [0.2, 0.25) is 5.88 Å². The summed E-state index contributed by atoms with van der Waals surface area (Å²) in [5, 5.41) is 12.1. The van der Waals surface area contributed by atoms with Gasteiger partial charge in [0, 0.05) is 30.1 Å². The van der Waals surface area contributed by atoms with Crippen molar-refractivity contribution in [1.82, 2.24) is 4.98 Å². The topological polar surface area (TPSA) is 86.7 Å². The van der Waals surface area contributed by atoms with Crippen LogP contribution in [0.3, 0.4) is 0 Å².